The van der Waals surface area contributed by atoms with Gasteiger partial charge in [0.15, 0.2) is 5.82 Å². The third kappa shape index (κ3) is 2.97. The first-order chi connectivity index (χ1) is 8.90. The molecule has 0 saturated carbocycles. The Balaban J connectivity index is 2.46. The molecule has 0 atom stereocenters. The number of para-hydroxylation sites is 1. The Morgan fingerprint density at radius 3 is 2.42 bits per heavy atom. The monoisotopic (exact) mass is 300 g/mol. The number of nitrogen functional groups attached to an aromatic ring is 1. The van der Waals surface area contributed by atoms with E-state index in [1.807, 2.05) is 0 Å². The van der Waals surface area contributed by atoms with E-state index >= 15 is 0 Å². The Morgan fingerprint density at radius 1 is 1.16 bits per heavy atom. The molecule has 2 rings (SSSR count). The van der Waals surface area contributed by atoms with Crippen molar-refractivity contribution in [1.29, 1.82) is 0 Å². The summed E-state index contributed by atoms with van der Waals surface area (Å²) in [5, 5.41) is 0.0485. The fourth-order valence-corrected chi connectivity index (χ4v) is 2.98. The lowest BCUT2D eigenvalue weighted by Crippen LogP contribution is -2.15. The van der Waals surface area contributed by atoms with Crippen molar-refractivity contribution in [2.45, 2.75) is 4.90 Å². The van der Waals surface area contributed by atoms with Crippen LogP contribution in [0.15, 0.2) is 47.4 Å². The number of rotatable bonds is 3. The van der Waals surface area contributed by atoms with Crippen LogP contribution in [0.25, 0.3) is 0 Å². The van der Waals surface area contributed by atoms with E-state index in [9.17, 15) is 12.8 Å². The van der Waals surface area contributed by atoms with Crippen LogP contribution in [0.1, 0.15) is 0 Å². The van der Waals surface area contributed by atoms with Gasteiger partial charge in [-0.1, -0.05) is 29.8 Å². The molecule has 7 heteroatoms. The third-order valence-corrected chi connectivity index (χ3v) is 3.95. The lowest BCUT2D eigenvalue weighted by atomic mass is 10.3. The topological polar surface area (TPSA) is 72.2 Å². The van der Waals surface area contributed by atoms with Crippen LogP contribution in [-0.4, -0.2) is 8.42 Å². The number of halogens is 2. The normalized spacial score (nSPS) is 11.3. The fraction of sp³-hybridized carbons (Fsp3) is 0. The first kappa shape index (κ1) is 13.6. The van der Waals surface area contributed by atoms with Crippen LogP contribution in [0.2, 0.25) is 5.02 Å². The molecule has 3 N–H and O–H groups in total. The minimum atomic E-state index is -4.08. The van der Waals surface area contributed by atoms with Crippen LogP contribution in [0.4, 0.5) is 15.8 Å². The first-order valence-electron chi connectivity index (χ1n) is 5.22. The Kier molecular flexibility index (Phi) is 3.64. The molecule has 0 saturated heterocycles. The van der Waals surface area contributed by atoms with Gasteiger partial charge in [-0.2, -0.15) is 0 Å². The molecule has 0 spiro atoms. The van der Waals surface area contributed by atoms with Crippen molar-refractivity contribution in [2.24, 2.45) is 0 Å². The van der Waals surface area contributed by atoms with E-state index in [0.717, 1.165) is 12.1 Å². The molecule has 0 heterocycles. The van der Waals surface area contributed by atoms with Gasteiger partial charge in [-0.3, -0.25) is 4.72 Å². The second kappa shape index (κ2) is 5.07. The molecular weight excluding hydrogens is 291 g/mol. The van der Waals surface area contributed by atoms with E-state index in [0.29, 0.717) is 5.69 Å². The minimum absolute atomic E-state index is 0.0485. The highest BCUT2D eigenvalue weighted by atomic mass is 35.5. The molecule has 0 bridgehead atoms. The van der Waals surface area contributed by atoms with Crippen molar-refractivity contribution in [2.75, 3.05) is 10.5 Å². The highest BCUT2D eigenvalue weighted by Crippen LogP contribution is 2.26. The number of hydrogen-bond donors (Lipinski definition) is 2. The second-order valence-corrected chi connectivity index (χ2v) is 5.87. The van der Waals surface area contributed by atoms with Crippen LogP contribution in [0.5, 0.6) is 0 Å². The van der Waals surface area contributed by atoms with Gasteiger partial charge in [0, 0.05) is 10.7 Å². The summed E-state index contributed by atoms with van der Waals surface area (Å²) < 4.78 is 40.1. The van der Waals surface area contributed by atoms with Gasteiger partial charge in [-0.15, -0.1) is 0 Å². The lowest BCUT2D eigenvalue weighted by Gasteiger charge is -2.10. The van der Waals surface area contributed by atoms with Gasteiger partial charge < -0.3 is 5.73 Å². The molecule has 0 aliphatic heterocycles. The molecule has 2 aromatic rings. The summed E-state index contributed by atoms with van der Waals surface area (Å²) in [6.07, 6.45) is 0. The van der Waals surface area contributed by atoms with Crippen molar-refractivity contribution in [3.05, 3.63) is 53.3 Å². The zero-order valence-electron chi connectivity index (χ0n) is 9.60. The molecule has 0 aliphatic rings. The molecule has 0 aliphatic carbocycles. The molecule has 100 valence electrons. The van der Waals surface area contributed by atoms with Gasteiger partial charge in [0.2, 0.25) is 0 Å². The van der Waals surface area contributed by atoms with Crippen LogP contribution in [-0.2, 0) is 10.0 Å². The van der Waals surface area contributed by atoms with Crippen LogP contribution >= 0.6 is 11.6 Å². The molecule has 19 heavy (non-hydrogen) atoms. The number of sulfonamides is 1. The number of benzene rings is 2. The van der Waals surface area contributed by atoms with Gasteiger partial charge in [0.1, 0.15) is 4.90 Å². The van der Waals surface area contributed by atoms with Crippen molar-refractivity contribution in [3.63, 3.8) is 0 Å². The van der Waals surface area contributed by atoms with Crippen molar-refractivity contribution in [1.82, 2.24) is 0 Å². The molecule has 0 aromatic heterocycles. The maximum atomic E-state index is 13.8. The zero-order valence-corrected chi connectivity index (χ0v) is 11.2. The number of nitrogens with one attached hydrogen (secondary N) is 1. The van der Waals surface area contributed by atoms with E-state index in [4.69, 9.17) is 17.3 Å². The summed E-state index contributed by atoms with van der Waals surface area (Å²) in [5.74, 6) is -1.02. The minimum Gasteiger partial charge on any atom is -0.396 e. The van der Waals surface area contributed by atoms with Crippen molar-refractivity contribution in [3.8, 4) is 0 Å². The third-order valence-electron chi connectivity index (χ3n) is 2.35. The summed E-state index contributed by atoms with van der Waals surface area (Å²) in [5.41, 5.74) is 5.36. The molecule has 0 radical (unpaired) electrons. The fourth-order valence-electron chi connectivity index (χ4n) is 1.50. The van der Waals surface area contributed by atoms with E-state index in [2.05, 4.69) is 4.72 Å². The Labute approximate surface area is 115 Å². The number of nitrogens with two attached hydrogens (primary N) is 1. The molecule has 0 amide bonds. The molecule has 2 aromatic carbocycles. The van der Waals surface area contributed by atoms with E-state index in [-0.39, 0.29) is 10.7 Å². The predicted molar refractivity (Wildman–Crippen MR) is 73.1 cm³/mol. The van der Waals surface area contributed by atoms with Crippen LogP contribution < -0.4 is 10.5 Å². The van der Waals surface area contributed by atoms with E-state index in [1.165, 1.54) is 0 Å². The summed E-state index contributed by atoms with van der Waals surface area (Å²) in [7, 11) is -4.08. The summed E-state index contributed by atoms with van der Waals surface area (Å²) in [4.78, 5) is -0.582. The zero-order chi connectivity index (χ0) is 14.0. The quantitative estimate of drug-likeness (QED) is 0.856. The smallest absolute Gasteiger partial charge is 0.264 e. The average molecular weight is 301 g/mol. The molecular formula is C12H10ClFN2O2S. The molecule has 0 fully saturated rings. The van der Waals surface area contributed by atoms with Gasteiger partial charge in [-0.25, -0.2) is 12.8 Å². The predicted octanol–water partition coefficient (Wildman–Crippen LogP) is 2.86. The molecule has 0 unspecified atom stereocenters. The maximum Gasteiger partial charge on any atom is 0.264 e. The second-order valence-electron chi connectivity index (χ2n) is 3.78. The van der Waals surface area contributed by atoms with Crippen molar-refractivity contribution >= 4 is 33.0 Å². The summed E-state index contributed by atoms with van der Waals surface area (Å²) >= 11 is 5.69. The average Bonchev–Trinajstić information content (AvgIpc) is 2.34. The SMILES string of the molecule is Nc1cc(Cl)cc(S(=O)(=O)Nc2ccccc2)c1F. The Bertz CT molecular complexity index is 705. The highest BCUT2D eigenvalue weighted by molar-refractivity contribution is 7.92. The Hall–Kier alpha value is -1.79. The summed E-state index contributed by atoms with van der Waals surface area (Å²) in [6.45, 7) is 0. The largest absolute Gasteiger partial charge is 0.396 e. The standard InChI is InChI=1S/C12H10ClFN2O2S/c13-8-6-10(15)12(14)11(7-8)19(17,18)16-9-4-2-1-3-5-9/h1-7,16H,15H2. The molecule has 4 nitrogen and oxygen atoms in total. The number of hydrogen-bond acceptors (Lipinski definition) is 3. The van der Waals surface area contributed by atoms with E-state index in [1.54, 1.807) is 30.3 Å². The lowest BCUT2D eigenvalue weighted by molar-refractivity contribution is 0.573. The highest BCUT2D eigenvalue weighted by Gasteiger charge is 2.21. The van der Waals surface area contributed by atoms with Gasteiger partial charge in [0.25, 0.3) is 10.0 Å². The van der Waals surface area contributed by atoms with Gasteiger partial charge in [0.05, 0.1) is 5.69 Å². The van der Waals surface area contributed by atoms with E-state index < -0.39 is 20.7 Å². The summed E-state index contributed by atoms with van der Waals surface area (Å²) in [6, 6.07) is 10.3. The van der Waals surface area contributed by atoms with Crippen molar-refractivity contribution < 1.29 is 12.8 Å². The van der Waals surface area contributed by atoms with Gasteiger partial charge >= 0.3 is 0 Å². The van der Waals surface area contributed by atoms with Gasteiger partial charge in [-0.05, 0) is 24.3 Å². The maximum absolute atomic E-state index is 13.8. The number of anilines is 2. The van der Waals surface area contributed by atoms with Crippen LogP contribution in [0.3, 0.4) is 0 Å². The first-order valence-corrected chi connectivity index (χ1v) is 7.08. The Morgan fingerprint density at radius 2 is 1.79 bits per heavy atom. The van der Waals surface area contributed by atoms with Crippen LogP contribution in [0, 0.1) is 5.82 Å².